The van der Waals surface area contributed by atoms with Crippen molar-refractivity contribution in [3.63, 3.8) is 0 Å². The molecule has 3 atom stereocenters. The van der Waals surface area contributed by atoms with Crippen LogP contribution in [0.25, 0.3) is 0 Å². The fraction of sp³-hybridized carbons (Fsp3) is 0.786. The van der Waals surface area contributed by atoms with Gasteiger partial charge in [0.25, 0.3) is 0 Å². The third kappa shape index (κ3) is 3.86. The molecule has 1 saturated heterocycles. The number of urea groups is 1. The maximum absolute atomic E-state index is 12.1. The molecular weight excluding hydrogens is 276 g/mol. The van der Waals surface area contributed by atoms with Gasteiger partial charge in [-0.1, -0.05) is 6.42 Å². The van der Waals surface area contributed by atoms with Crippen LogP contribution in [0.4, 0.5) is 4.79 Å². The summed E-state index contributed by atoms with van der Waals surface area (Å²) in [5, 5.41) is 11.6. The van der Waals surface area contributed by atoms with Crippen LogP contribution in [0.2, 0.25) is 0 Å². The van der Waals surface area contributed by atoms with Crippen molar-refractivity contribution >= 4 is 18.0 Å². The van der Waals surface area contributed by atoms with Crippen molar-refractivity contribution < 1.29 is 24.2 Å². The molecule has 2 rings (SSSR count). The molecule has 21 heavy (non-hydrogen) atoms. The molecule has 2 fully saturated rings. The zero-order valence-corrected chi connectivity index (χ0v) is 12.2. The molecule has 2 N–H and O–H groups in total. The number of hydrogen-bond acceptors (Lipinski definition) is 4. The van der Waals surface area contributed by atoms with Gasteiger partial charge in [-0.2, -0.15) is 0 Å². The molecule has 1 saturated carbocycles. The highest BCUT2D eigenvalue weighted by Crippen LogP contribution is 2.37. The lowest BCUT2D eigenvalue weighted by Gasteiger charge is -2.21. The van der Waals surface area contributed by atoms with Crippen LogP contribution in [0, 0.1) is 11.8 Å². The number of carboxylic acid groups (broad SMARTS) is 1. The molecule has 118 valence electrons. The Balaban J connectivity index is 1.83. The topological polar surface area (TPSA) is 95.9 Å². The number of ether oxygens (including phenoxy) is 1. The maximum Gasteiger partial charge on any atom is 0.326 e. The maximum atomic E-state index is 12.1. The van der Waals surface area contributed by atoms with E-state index in [2.05, 4.69) is 10.1 Å². The highest BCUT2D eigenvalue weighted by Gasteiger charge is 2.38. The summed E-state index contributed by atoms with van der Waals surface area (Å²) in [6.45, 7) is 1.42. The highest BCUT2D eigenvalue weighted by molar-refractivity contribution is 5.83. The summed E-state index contributed by atoms with van der Waals surface area (Å²) in [5.41, 5.74) is 0. The molecule has 0 radical (unpaired) electrons. The largest absolute Gasteiger partial charge is 0.480 e. The lowest BCUT2D eigenvalue weighted by atomic mass is 10.0. The normalized spacial score (nSPS) is 25.3. The number of aliphatic carboxylic acids is 1. The molecule has 0 spiro atoms. The van der Waals surface area contributed by atoms with E-state index >= 15 is 0 Å². The number of methoxy groups -OCH3 is 1. The van der Waals surface area contributed by atoms with E-state index in [1.165, 1.54) is 13.5 Å². The molecule has 1 aliphatic heterocycles. The molecule has 2 amide bonds. The summed E-state index contributed by atoms with van der Waals surface area (Å²) in [6, 6.07) is -1.40. The number of likely N-dealkylation sites (tertiary alicyclic amines) is 1. The van der Waals surface area contributed by atoms with Crippen molar-refractivity contribution in [2.45, 2.75) is 38.1 Å². The Morgan fingerprint density at radius 1 is 1.29 bits per heavy atom. The Hall–Kier alpha value is -1.79. The number of carboxylic acids is 1. The lowest BCUT2D eigenvalue weighted by Crippen LogP contribution is -2.47. The van der Waals surface area contributed by atoms with Gasteiger partial charge in [0.1, 0.15) is 6.04 Å². The molecule has 1 heterocycles. The van der Waals surface area contributed by atoms with Gasteiger partial charge < -0.3 is 20.1 Å². The molecule has 7 nitrogen and oxygen atoms in total. The summed E-state index contributed by atoms with van der Waals surface area (Å²) < 4.78 is 4.48. The number of hydrogen-bond donors (Lipinski definition) is 2. The van der Waals surface area contributed by atoms with Gasteiger partial charge in [0.15, 0.2) is 0 Å². The smallest absolute Gasteiger partial charge is 0.326 e. The van der Waals surface area contributed by atoms with Crippen molar-refractivity contribution in [3.8, 4) is 0 Å². The van der Waals surface area contributed by atoms with Crippen molar-refractivity contribution in [2.75, 3.05) is 20.2 Å². The van der Waals surface area contributed by atoms with Crippen molar-refractivity contribution in [1.82, 2.24) is 10.2 Å². The first-order chi connectivity index (χ1) is 10.0. The van der Waals surface area contributed by atoms with Gasteiger partial charge in [-0.15, -0.1) is 0 Å². The van der Waals surface area contributed by atoms with E-state index in [4.69, 9.17) is 5.11 Å². The Kier molecular flexibility index (Phi) is 5.03. The van der Waals surface area contributed by atoms with Crippen LogP contribution in [0.15, 0.2) is 0 Å². The van der Waals surface area contributed by atoms with Crippen LogP contribution in [0.1, 0.15) is 32.1 Å². The van der Waals surface area contributed by atoms with E-state index in [-0.39, 0.29) is 18.9 Å². The number of carbonyl (C=O) groups is 3. The predicted octanol–water partition coefficient (Wildman–Crippen LogP) is 0.834. The van der Waals surface area contributed by atoms with Gasteiger partial charge >= 0.3 is 18.0 Å². The fourth-order valence-electron chi connectivity index (χ4n) is 3.26. The van der Waals surface area contributed by atoms with Gasteiger partial charge in [-0.25, -0.2) is 9.59 Å². The predicted molar refractivity (Wildman–Crippen MR) is 73.6 cm³/mol. The van der Waals surface area contributed by atoms with E-state index < -0.39 is 18.0 Å². The van der Waals surface area contributed by atoms with Gasteiger partial charge in [-0.05, 0) is 31.1 Å². The first-order valence-corrected chi connectivity index (χ1v) is 7.36. The fourth-order valence-corrected chi connectivity index (χ4v) is 3.26. The number of carbonyl (C=O) groups excluding carboxylic acids is 2. The summed E-state index contributed by atoms with van der Waals surface area (Å²) in [4.78, 5) is 36.1. The number of nitrogens with one attached hydrogen (secondary N) is 1. The Morgan fingerprint density at radius 3 is 2.43 bits per heavy atom. The third-order valence-electron chi connectivity index (χ3n) is 4.47. The molecule has 0 aromatic carbocycles. The lowest BCUT2D eigenvalue weighted by molar-refractivity contribution is -0.142. The molecule has 7 heteroatoms. The van der Waals surface area contributed by atoms with Crippen molar-refractivity contribution in [1.29, 1.82) is 0 Å². The average molecular weight is 298 g/mol. The Morgan fingerprint density at radius 2 is 1.90 bits per heavy atom. The number of esters is 1. The molecule has 0 bridgehead atoms. The van der Waals surface area contributed by atoms with Crippen LogP contribution >= 0.6 is 0 Å². The first-order valence-electron chi connectivity index (χ1n) is 7.36. The van der Waals surface area contributed by atoms with E-state index in [9.17, 15) is 14.4 Å². The van der Waals surface area contributed by atoms with Crippen LogP contribution < -0.4 is 5.32 Å². The Labute approximate surface area is 123 Å². The van der Waals surface area contributed by atoms with Crippen molar-refractivity contribution in [2.24, 2.45) is 11.8 Å². The molecule has 2 unspecified atom stereocenters. The van der Waals surface area contributed by atoms with Gasteiger partial charge in [0, 0.05) is 19.5 Å². The number of fused-ring (bicyclic) bond motifs is 1. The minimum atomic E-state index is -1.13. The second-order valence-corrected chi connectivity index (χ2v) is 5.81. The minimum absolute atomic E-state index is 0.0288. The van der Waals surface area contributed by atoms with Crippen LogP contribution in [-0.4, -0.2) is 54.2 Å². The van der Waals surface area contributed by atoms with Crippen LogP contribution in [-0.2, 0) is 14.3 Å². The highest BCUT2D eigenvalue weighted by atomic mass is 16.5. The van der Waals surface area contributed by atoms with Crippen molar-refractivity contribution in [3.05, 3.63) is 0 Å². The zero-order valence-electron chi connectivity index (χ0n) is 12.2. The summed E-state index contributed by atoms with van der Waals surface area (Å²) in [5.74, 6) is -0.485. The molecular formula is C14H22N2O5. The minimum Gasteiger partial charge on any atom is -0.480 e. The monoisotopic (exact) mass is 298 g/mol. The second kappa shape index (κ2) is 6.78. The standard InChI is InChI=1S/C14H22N2O5/c1-21-12(17)6-5-11(13(18)19)15-14(20)16-7-9-3-2-4-10(9)8-16/h9-11H,2-8H2,1H3,(H,15,20)(H,18,19)/t9?,10?,11-/m1/s1. The summed E-state index contributed by atoms with van der Waals surface area (Å²) in [7, 11) is 1.25. The number of amides is 2. The number of nitrogens with zero attached hydrogens (tertiary/aromatic N) is 1. The van der Waals surface area contributed by atoms with E-state index in [0.717, 1.165) is 12.8 Å². The average Bonchev–Trinajstić information content (AvgIpc) is 3.03. The number of rotatable bonds is 5. The second-order valence-electron chi connectivity index (χ2n) is 5.81. The van der Waals surface area contributed by atoms with E-state index in [1.807, 2.05) is 0 Å². The Bertz CT molecular complexity index is 414. The van der Waals surface area contributed by atoms with E-state index in [0.29, 0.717) is 24.9 Å². The van der Waals surface area contributed by atoms with E-state index in [1.54, 1.807) is 4.90 Å². The molecule has 0 aromatic heterocycles. The zero-order chi connectivity index (χ0) is 15.4. The molecule has 2 aliphatic rings. The summed E-state index contributed by atoms with van der Waals surface area (Å²) >= 11 is 0. The molecule has 0 aromatic rings. The van der Waals surface area contributed by atoms with Crippen LogP contribution in [0.3, 0.4) is 0 Å². The third-order valence-corrected chi connectivity index (χ3v) is 4.47. The van der Waals surface area contributed by atoms with Gasteiger partial charge in [-0.3, -0.25) is 4.79 Å². The van der Waals surface area contributed by atoms with Gasteiger partial charge in [0.05, 0.1) is 7.11 Å². The summed E-state index contributed by atoms with van der Waals surface area (Å²) in [6.07, 6.45) is 3.54. The quantitative estimate of drug-likeness (QED) is 0.733. The van der Waals surface area contributed by atoms with Crippen LogP contribution in [0.5, 0.6) is 0 Å². The first kappa shape index (κ1) is 15.6. The van der Waals surface area contributed by atoms with Gasteiger partial charge in [0.2, 0.25) is 0 Å². The molecule has 1 aliphatic carbocycles. The SMILES string of the molecule is COC(=O)CC[C@@H](NC(=O)N1CC2CCCC2C1)C(=O)O.